The average molecular weight is 447 g/mol. The predicted octanol–water partition coefficient (Wildman–Crippen LogP) is 4.87. The number of aromatic nitrogens is 5. The van der Waals surface area contributed by atoms with Crippen LogP contribution in [0.4, 0.5) is 5.95 Å². The van der Waals surface area contributed by atoms with Crippen molar-refractivity contribution in [2.75, 3.05) is 18.0 Å². The van der Waals surface area contributed by atoms with Crippen LogP contribution in [0.15, 0.2) is 36.0 Å². The molecule has 164 valence electrons. The quantitative estimate of drug-likeness (QED) is 0.446. The van der Waals surface area contributed by atoms with Crippen LogP contribution in [0.25, 0.3) is 21.6 Å². The second kappa shape index (κ2) is 7.64. The summed E-state index contributed by atoms with van der Waals surface area (Å²) in [6.07, 6.45) is 6.55. The first-order valence-corrected chi connectivity index (χ1v) is 12.1. The molecule has 7 nitrogen and oxygen atoms in total. The van der Waals surface area contributed by atoms with E-state index in [1.54, 1.807) is 11.3 Å². The molecule has 4 aromatic heterocycles. The van der Waals surface area contributed by atoms with Gasteiger partial charge in [-0.05, 0) is 56.7 Å². The Morgan fingerprint density at radius 1 is 1.12 bits per heavy atom. The predicted molar refractivity (Wildman–Crippen MR) is 126 cm³/mol. The number of nitrogens with zero attached hydrogens (tertiary/aromatic N) is 6. The average Bonchev–Trinajstić information content (AvgIpc) is 3.27. The SMILES string of the molecule is Cc1cc2c(-c3cccs3)nc(N3CC(C)OC(c4cnn(C5CC5)c4)C3)nc2nc1C. The van der Waals surface area contributed by atoms with Crippen molar-refractivity contribution in [3.63, 3.8) is 0 Å². The number of anilines is 1. The molecule has 1 saturated heterocycles. The summed E-state index contributed by atoms with van der Waals surface area (Å²) in [5, 5.41) is 7.65. The van der Waals surface area contributed by atoms with E-state index in [1.807, 2.05) is 13.1 Å². The molecule has 1 saturated carbocycles. The molecule has 5 heterocycles. The molecule has 1 aliphatic heterocycles. The van der Waals surface area contributed by atoms with Crippen LogP contribution in [0.5, 0.6) is 0 Å². The van der Waals surface area contributed by atoms with Crippen LogP contribution in [-0.4, -0.2) is 43.9 Å². The lowest BCUT2D eigenvalue weighted by Gasteiger charge is -2.36. The fourth-order valence-electron chi connectivity index (χ4n) is 4.33. The topological polar surface area (TPSA) is 69.0 Å². The van der Waals surface area contributed by atoms with Crippen molar-refractivity contribution < 1.29 is 4.74 Å². The fourth-order valence-corrected chi connectivity index (χ4v) is 5.06. The first-order chi connectivity index (χ1) is 15.5. The van der Waals surface area contributed by atoms with Crippen LogP contribution >= 0.6 is 11.3 Å². The Bertz CT molecular complexity index is 1280. The van der Waals surface area contributed by atoms with Gasteiger partial charge in [0, 0.05) is 29.4 Å². The second-order valence-corrected chi connectivity index (χ2v) is 9.88. The highest BCUT2D eigenvalue weighted by atomic mass is 32.1. The molecular formula is C24H26N6OS. The van der Waals surface area contributed by atoms with E-state index in [9.17, 15) is 0 Å². The molecule has 1 aliphatic carbocycles. The van der Waals surface area contributed by atoms with Crippen molar-refractivity contribution in [3.8, 4) is 10.6 Å². The number of aryl methyl sites for hydroxylation is 2. The normalized spacial score (nSPS) is 21.4. The summed E-state index contributed by atoms with van der Waals surface area (Å²) in [5.74, 6) is 0.714. The van der Waals surface area contributed by atoms with E-state index in [4.69, 9.17) is 19.7 Å². The number of fused-ring (bicyclic) bond motifs is 1. The van der Waals surface area contributed by atoms with Gasteiger partial charge in [0.15, 0.2) is 5.65 Å². The van der Waals surface area contributed by atoms with E-state index < -0.39 is 0 Å². The summed E-state index contributed by atoms with van der Waals surface area (Å²) in [6.45, 7) is 7.67. The smallest absolute Gasteiger partial charge is 0.228 e. The van der Waals surface area contributed by atoms with Crippen molar-refractivity contribution in [2.24, 2.45) is 0 Å². The van der Waals surface area contributed by atoms with E-state index >= 15 is 0 Å². The largest absolute Gasteiger partial charge is 0.367 e. The number of rotatable bonds is 4. The Hall–Kier alpha value is -2.84. The van der Waals surface area contributed by atoms with Crippen molar-refractivity contribution in [1.82, 2.24) is 24.7 Å². The van der Waals surface area contributed by atoms with Gasteiger partial charge in [-0.25, -0.2) is 9.97 Å². The minimum absolute atomic E-state index is 0.0524. The highest BCUT2D eigenvalue weighted by Crippen LogP contribution is 2.36. The molecule has 32 heavy (non-hydrogen) atoms. The summed E-state index contributed by atoms with van der Waals surface area (Å²) in [6, 6.07) is 6.90. The lowest BCUT2D eigenvalue weighted by molar-refractivity contribution is -0.0178. The molecule has 2 aliphatic rings. The van der Waals surface area contributed by atoms with Crippen molar-refractivity contribution in [3.05, 3.63) is 52.8 Å². The zero-order valence-electron chi connectivity index (χ0n) is 18.5. The third kappa shape index (κ3) is 3.57. The van der Waals surface area contributed by atoms with Crippen molar-refractivity contribution in [1.29, 1.82) is 0 Å². The molecule has 6 rings (SSSR count). The summed E-state index contributed by atoms with van der Waals surface area (Å²) >= 11 is 1.69. The van der Waals surface area contributed by atoms with Gasteiger partial charge >= 0.3 is 0 Å². The lowest BCUT2D eigenvalue weighted by atomic mass is 10.1. The molecule has 4 aromatic rings. The van der Waals surface area contributed by atoms with Crippen LogP contribution in [0.2, 0.25) is 0 Å². The van der Waals surface area contributed by atoms with E-state index in [0.717, 1.165) is 45.0 Å². The number of ether oxygens (including phenoxy) is 1. The highest BCUT2D eigenvalue weighted by molar-refractivity contribution is 7.13. The molecule has 0 amide bonds. The summed E-state index contributed by atoms with van der Waals surface area (Å²) in [7, 11) is 0. The van der Waals surface area contributed by atoms with Gasteiger partial charge < -0.3 is 9.64 Å². The maximum atomic E-state index is 6.30. The van der Waals surface area contributed by atoms with Crippen molar-refractivity contribution >= 4 is 28.3 Å². The molecule has 2 atom stereocenters. The van der Waals surface area contributed by atoms with Gasteiger partial charge in [-0.15, -0.1) is 11.3 Å². The molecule has 8 heteroatoms. The van der Waals surface area contributed by atoms with Crippen LogP contribution in [-0.2, 0) is 4.74 Å². The number of morpholine rings is 1. The van der Waals surface area contributed by atoms with Gasteiger partial charge in [0.1, 0.15) is 6.10 Å². The van der Waals surface area contributed by atoms with E-state index in [0.29, 0.717) is 18.5 Å². The lowest BCUT2D eigenvalue weighted by Crippen LogP contribution is -2.43. The zero-order valence-corrected chi connectivity index (χ0v) is 19.3. The molecule has 0 N–H and O–H groups in total. The van der Waals surface area contributed by atoms with E-state index in [1.165, 1.54) is 12.8 Å². The van der Waals surface area contributed by atoms with Gasteiger partial charge in [0.2, 0.25) is 5.95 Å². The number of hydrogen-bond donors (Lipinski definition) is 0. The minimum atomic E-state index is -0.0524. The summed E-state index contributed by atoms with van der Waals surface area (Å²) < 4.78 is 8.38. The molecule has 0 aromatic carbocycles. The number of thiophene rings is 1. The molecule has 0 radical (unpaired) electrons. The first kappa shape index (κ1) is 19.8. The van der Waals surface area contributed by atoms with Crippen LogP contribution < -0.4 is 4.90 Å². The maximum absolute atomic E-state index is 6.30. The van der Waals surface area contributed by atoms with E-state index in [2.05, 4.69) is 58.3 Å². The maximum Gasteiger partial charge on any atom is 0.228 e. The van der Waals surface area contributed by atoms with Gasteiger partial charge in [-0.3, -0.25) is 4.68 Å². The first-order valence-electron chi connectivity index (χ1n) is 11.2. The Kier molecular flexibility index (Phi) is 4.73. The summed E-state index contributed by atoms with van der Waals surface area (Å²) in [4.78, 5) is 18.1. The van der Waals surface area contributed by atoms with Crippen LogP contribution in [0.1, 0.15) is 48.7 Å². The fraction of sp³-hybridized carbons (Fsp3) is 0.417. The molecule has 0 bridgehead atoms. The highest BCUT2D eigenvalue weighted by Gasteiger charge is 2.31. The molecular weight excluding hydrogens is 420 g/mol. The number of pyridine rings is 1. The Balaban J connectivity index is 1.40. The van der Waals surface area contributed by atoms with Gasteiger partial charge in [0.25, 0.3) is 0 Å². The second-order valence-electron chi connectivity index (χ2n) is 8.94. The minimum Gasteiger partial charge on any atom is -0.367 e. The van der Waals surface area contributed by atoms with Crippen molar-refractivity contribution in [2.45, 2.75) is 51.9 Å². The Labute approximate surface area is 191 Å². The van der Waals surface area contributed by atoms with Gasteiger partial charge in [-0.1, -0.05) is 6.07 Å². The van der Waals surface area contributed by atoms with E-state index in [-0.39, 0.29) is 12.2 Å². The number of hydrogen-bond acceptors (Lipinski definition) is 7. The standard InChI is InChI=1S/C24H26N6OS/c1-14-9-19-22(21-5-4-8-32-21)27-24(28-23(19)26-16(14)3)29-11-15(2)31-20(13-29)17-10-25-30(12-17)18-6-7-18/h4-5,8-10,12,15,18,20H,6-7,11,13H2,1-3H3. The molecule has 2 unspecified atom stereocenters. The third-order valence-electron chi connectivity index (χ3n) is 6.33. The molecule has 2 fully saturated rings. The van der Waals surface area contributed by atoms with Crippen LogP contribution in [0, 0.1) is 13.8 Å². The molecule has 0 spiro atoms. The monoisotopic (exact) mass is 446 g/mol. The Morgan fingerprint density at radius 2 is 2.00 bits per heavy atom. The zero-order chi connectivity index (χ0) is 21.8. The van der Waals surface area contributed by atoms with Gasteiger partial charge in [0.05, 0.1) is 35.5 Å². The summed E-state index contributed by atoms with van der Waals surface area (Å²) in [5.41, 5.74) is 4.98. The van der Waals surface area contributed by atoms with Gasteiger partial charge in [-0.2, -0.15) is 10.1 Å². The van der Waals surface area contributed by atoms with Crippen LogP contribution in [0.3, 0.4) is 0 Å². The Morgan fingerprint density at radius 3 is 2.78 bits per heavy atom. The third-order valence-corrected chi connectivity index (χ3v) is 7.21.